The van der Waals surface area contributed by atoms with Gasteiger partial charge in [0, 0.05) is 16.5 Å². The van der Waals surface area contributed by atoms with Crippen LogP contribution in [0.1, 0.15) is 11.1 Å². The number of sulfonamides is 2. The Morgan fingerprint density at radius 2 is 1.50 bits per heavy atom. The highest BCUT2D eigenvalue weighted by molar-refractivity contribution is 7.93. The van der Waals surface area contributed by atoms with Crippen LogP contribution in [0.3, 0.4) is 0 Å². The van der Waals surface area contributed by atoms with E-state index in [2.05, 4.69) is 9.44 Å². The Kier molecular flexibility index (Phi) is 5.66. The zero-order chi connectivity index (χ0) is 23.1. The molecule has 0 saturated heterocycles. The third-order valence-corrected chi connectivity index (χ3v) is 7.95. The van der Waals surface area contributed by atoms with E-state index in [9.17, 15) is 16.8 Å². The van der Waals surface area contributed by atoms with Gasteiger partial charge in [0.1, 0.15) is 5.58 Å². The number of hydrogen-bond donors (Lipinski definition) is 2. The predicted octanol–water partition coefficient (Wildman–Crippen LogP) is 5.30. The van der Waals surface area contributed by atoms with Crippen molar-refractivity contribution in [1.29, 1.82) is 0 Å². The van der Waals surface area contributed by atoms with Crippen molar-refractivity contribution < 1.29 is 21.3 Å². The van der Waals surface area contributed by atoms with Crippen LogP contribution >= 0.6 is 11.6 Å². The average molecular weight is 491 g/mol. The van der Waals surface area contributed by atoms with E-state index in [4.69, 9.17) is 16.0 Å². The molecule has 32 heavy (non-hydrogen) atoms. The minimum Gasteiger partial charge on any atom is -0.443 e. The van der Waals surface area contributed by atoms with Crippen LogP contribution < -0.4 is 9.44 Å². The highest BCUT2D eigenvalue weighted by atomic mass is 35.5. The summed E-state index contributed by atoms with van der Waals surface area (Å²) in [5.41, 5.74) is 1.81. The molecule has 0 fully saturated rings. The van der Waals surface area contributed by atoms with Crippen LogP contribution in [-0.2, 0) is 20.0 Å². The zero-order valence-corrected chi connectivity index (χ0v) is 19.5. The summed E-state index contributed by atoms with van der Waals surface area (Å²) in [4.78, 5) is 0.0959. The van der Waals surface area contributed by atoms with Crippen LogP contribution in [-0.4, -0.2) is 16.8 Å². The van der Waals surface area contributed by atoms with E-state index in [1.165, 1.54) is 30.3 Å². The molecule has 0 spiro atoms. The van der Waals surface area contributed by atoms with Crippen molar-refractivity contribution in [2.75, 3.05) is 9.44 Å². The summed E-state index contributed by atoms with van der Waals surface area (Å²) in [6.45, 7) is 3.51. The maximum Gasteiger partial charge on any atom is 0.295 e. The molecule has 0 amide bonds. The molecule has 2 N–H and O–H groups in total. The van der Waals surface area contributed by atoms with Crippen LogP contribution in [0.25, 0.3) is 11.0 Å². The van der Waals surface area contributed by atoms with E-state index in [-0.39, 0.29) is 26.4 Å². The lowest BCUT2D eigenvalue weighted by atomic mass is 10.1. The van der Waals surface area contributed by atoms with Crippen LogP contribution in [0.5, 0.6) is 0 Å². The molecule has 166 valence electrons. The number of benzene rings is 3. The molecular formula is C22H19ClN2O5S2. The maximum atomic E-state index is 13.0. The van der Waals surface area contributed by atoms with Gasteiger partial charge in [-0.3, -0.25) is 9.44 Å². The lowest BCUT2D eigenvalue weighted by molar-refractivity contribution is 0.484. The van der Waals surface area contributed by atoms with Crippen molar-refractivity contribution in [2.24, 2.45) is 0 Å². The molecule has 0 aliphatic carbocycles. The van der Waals surface area contributed by atoms with Gasteiger partial charge in [-0.05, 0) is 55.3 Å². The average Bonchev–Trinajstić information content (AvgIpc) is 3.17. The zero-order valence-electron chi connectivity index (χ0n) is 17.1. The van der Waals surface area contributed by atoms with Crippen LogP contribution in [0.15, 0.2) is 81.1 Å². The number of furan rings is 1. The first-order valence-corrected chi connectivity index (χ1v) is 12.8. The molecule has 4 rings (SSSR count). The second kappa shape index (κ2) is 8.16. The number of rotatable bonds is 6. The first kappa shape index (κ1) is 22.2. The normalized spacial score (nSPS) is 12.1. The molecule has 0 aliphatic heterocycles. The topological polar surface area (TPSA) is 105 Å². The van der Waals surface area contributed by atoms with Crippen molar-refractivity contribution in [1.82, 2.24) is 0 Å². The molecule has 4 aromatic rings. The molecule has 0 aliphatic rings. The molecule has 7 nitrogen and oxygen atoms in total. The highest BCUT2D eigenvalue weighted by Crippen LogP contribution is 2.32. The lowest BCUT2D eigenvalue weighted by Crippen LogP contribution is -2.18. The van der Waals surface area contributed by atoms with E-state index < -0.39 is 20.0 Å². The molecule has 0 radical (unpaired) electrons. The fourth-order valence-electron chi connectivity index (χ4n) is 3.19. The van der Waals surface area contributed by atoms with Crippen LogP contribution in [0.2, 0.25) is 5.02 Å². The minimum atomic E-state index is -4.16. The van der Waals surface area contributed by atoms with Crippen molar-refractivity contribution in [3.05, 3.63) is 82.9 Å². The van der Waals surface area contributed by atoms with E-state index in [1.54, 1.807) is 37.3 Å². The van der Waals surface area contributed by atoms with Gasteiger partial charge in [0.2, 0.25) is 5.09 Å². The van der Waals surface area contributed by atoms with Crippen LogP contribution in [0, 0.1) is 13.8 Å². The molecule has 3 aromatic carbocycles. The molecule has 1 heterocycles. The minimum absolute atomic E-state index is 0.0231. The monoisotopic (exact) mass is 490 g/mol. The van der Waals surface area contributed by atoms with Crippen molar-refractivity contribution in [2.45, 2.75) is 23.8 Å². The van der Waals surface area contributed by atoms with Crippen molar-refractivity contribution >= 4 is 54.0 Å². The molecular weight excluding hydrogens is 472 g/mol. The third-order valence-electron chi connectivity index (χ3n) is 4.98. The highest BCUT2D eigenvalue weighted by Gasteiger charge is 2.24. The van der Waals surface area contributed by atoms with E-state index in [0.29, 0.717) is 16.5 Å². The lowest BCUT2D eigenvalue weighted by Gasteiger charge is -2.16. The maximum absolute atomic E-state index is 13.0. The second-order valence-electron chi connectivity index (χ2n) is 7.20. The predicted molar refractivity (Wildman–Crippen MR) is 125 cm³/mol. The second-order valence-corrected chi connectivity index (χ2v) is 10.9. The summed E-state index contributed by atoms with van der Waals surface area (Å²) in [7, 11) is -8.15. The third kappa shape index (κ3) is 4.32. The summed E-state index contributed by atoms with van der Waals surface area (Å²) in [5.74, 6) is 0. The van der Waals surface area contributed by atoms with Gasteiger partial charge in [-0.25, -0.2) is 8.42 Å². The van der Waals surface area contributed by atoms with Crippen molar-refractivity contribution in [3.63, 3.8) is 0 Å². The first-order valence-electron chi connectivity index (χ1n) is 9.47. The Morgan fingerprint density at radius 1 is 0.781 bits per heavy atom. The SMILES string of the molecule is Cc1cccc(S(=O)(=O)Nc2ccc(Cl)cc2NS(=O)(=O)c2cc3ccccc3o2)c1C. The molecule has 0 unspecified atom stereocenters. The fraction of sp³-hybridized carbons (Fsp3) is 0.0909. The standard InChI is InChI=1S/C22H19ClN2O5S2/c1-14-6-5-9-21(15(14)2)31(26,27)24-18-11-10-17(23)13-19(18)25-32(28,29)22-12-16-7-3-4-8-20(16)30-22/h3-13,24-25H,1-2H3. The Hall–Kier alpha value is -3.01. The summed E-state index contributed by atoms with van der Waals surface area (Å²) in [5, 5.41) is 0.541. The van der Waals surface area contributed by atoms with Gasteiger partial charge in [0.15, 0.2) is 0 Å². The molecule has 0 bridgehead atoms. The largest absolute Gasteiger partial charge is 0.443 e. The van der Waals surface area contributed by atoms with Crippen LogP contribution in [0.4, 0.5) is 11.4 Å². The van der Waals surface area contributed by atoms with Crippen molar-refractivity contribution in [3.8, 4) is 0 Å². The van der Waals surface area contributed by atoms with Gasteiger partial charge < -0.3 is 4.42 Å². The van der Waals surface area contributed by atoms with Gasteiger partial charge in [-0.15, -0.1) is 0 Å². The van der Waals surface area contributed by atoms with E-state index >= 15 is 0 Å². The number of fused-ring (bicyclic) bond motifs is 1. The molecule has 10 heteroatoms. The quantitative estimate of drug-likeness (QED) is 0.381. The summed E-state index contributed by atoms with van der Waals surface area (Å²) in [6.07, 6.45) is 0. The smallest absolute Gasteiger partial charge is 0.295 e. The number of anilines is 2. The Labute approximate surface area is 191 Å². The van der Waals surface area contributed by atoms with Gasteiger partial charge in [0.05, 0.1) is 16.3 Å². The Morgan fingerprint density at radius 3 is 2.25 bits per heavy atom. The number of halogens is 1. The number of aryl methyl sites for hydroxylation is 1. The molecule has 0 saturated carbocycles. The molecule has 0 atom stereocenters. The van der Waals surface area contributed by atoms with E-state index in [1.807, 2.05) is 13.0 Å². The van der Waals surface area contributed by atoms with Gasteiger partial charge in [-0.2, -0.15) is 8.42 Å². The number of hydrogen-bond acceptors (Lipinski definition) is 5. The number of para-hydroxylation sites is 1. The Balaban J connectivity index is 1.71. The molecule has 1 aromatic heterocycles. The Bertz CT molecular complexity index is 1510. The summed E-state index contributed by atoms with van der Waals surface area (Å²) in [6, 6.07) is 17.4. The van der Waals surface area contributed by atoms with Gasteiger partial charge >= 0.3 is 0 Å². The first-order chi connectivity index (χ1) is 15.1. The van der Waals surface area contributed by atoms with Gasteiger partial charge in [-0.1, -0.05) is 41.9 Å². The number of nitrogens with one attached hydrogen (secondary N) is 2. The summed E-state index contributed by atoms with van der Waals surface area (Å²) < 4.78 is 62.2. The van der Waals surface area contributed by atoms with Gasteiger partial charge in [0.25, 0.3) is 20.0 Å². The fourth-order valence-corrected chi connectivity index (χ4v) is 5.80. The van der Waals surface area contributed by atoms with E-state index in [0.717, 1.165) is 5.56 Å². The summed E-state index contributed by atoms with van der Waals surface area (Å²) >= 11 is 6.05.